The van der Waals surface area contributed by atoms with Crippen molar-refractivity contribution in [2.75, 3.05) is 32.8 Å². The second kappa shape index (κ2) is 8.05. The standard InChI is InChI=1S/C21H30FN3O3/c22-21(9-6-17(26)18-16(21)5-4-10-23-18)19(27)24-15-20(7-2-1-3-8-20)25-11-13-28-14-12-25/h4-5,10,17,26H,1-3,6-9,11-15H2,(H,24,27)/t17?,21-/m0/s1. The molecule has 3 aliphatic rings. The Morgan fingerprint density at radius 3 is 2.79 bits per heavy atom. The number of amides is 1. The van der Waals surface area contributed by atoms with Gasteiger partial charge in [-0.05, 0) is 31.7 Å². The smallest absolute Gasteiger partial charge is 0.262 e. The summed E-state index contributed by atoms with van der Waals surface area (Å²) in [7, 11) is 0. The molecule has 154 valence electrons. The molecule has 0 spiro atoms. The second-order valence-corrected chi connectivity index (χ2v) is 8.36. The fraction of sp³-hybridized carbons (Fsp3) is 0.714. The Hall–Kier alpha value is -1.57. The molecule has 1 unspecified atom stereocenters. The molecule has 1 saturated carbocycles. The van der Waals surface area contributed by atoms with Crippen LogP contribution in [0, 0.1) is 0 Å². The molecule has 1 aromatic heterocycles. The summed E-state index contributed by atoms with van der Waals surface area (Å²) in [4.78, 5) is 19.6. The normalized spacial score (nSPS) is 30.4. The van der Waals surface area contributed by atoms with Crippen molar-refractivity contribution in [3.05, 3.63) is 29.6 Å². The first-order valence-electron chi connectivity index (χ1n) is 10.5. The molecule has 0 bridgehead atoms. The molecule has 4 rings (SSSR count). The Morgan fingerprint density at radius 2 is 2.04 bits per heavy atom. The number of hydrogen-bond donors (Lipinski definition) is 2. The minimum absolute atomic E-state index is 0.0246. The third-order valence-corrected chi connectivity index (χ3v) is 6.75. The number of hydrogen-bond acceptors (Lipinski definition) is 5. The van der Waals surface area contributed by atoms with E-state index in [1.54, 1.807) is 12.1 Å². The Bertz CT molecular complexity index is 704. The largest absolute Gasteiger partial charge is 0.387 e. The number of nitrogens with one attached hydrogen (secondary N) is 1. The Labute approximate surface area is 165 Å². The third kappa shape index (κ3) is 3.55. The zero-order valence-corrected chi connectivity index (χ0v) is 16.3. The number of morpholine rings is 1. The zero-order chi connectivity index (χ0) is 19.6. The maximum absolute atomic E-state index is 15.9. The number of carbonyl (C=O) groups is 1. The van der Waals surface area contributed by atoms with Gasteiger partial charge in [-0.1, -0.05) is 25.3 Å². The lowest BCUT2D eigenvalue weighted by atomic mass is 9.78. The number of fused-ring (bicyclic) bond motifs is 1. The van der Waals surface area contributed by atoms with Gasteiger partial charge >= 0.3 is 0 Å². The van der Waals surface area contributed by atoms with E-state index in [0.717, 1.165) is 38.8 Å². The van der Waals surface area contributed by atoms with Gasteiger partial charge in [0.05, 0.1) is 25.0 Å². The van der Waals surface area contributed by atoms with Gasteiger partial charge < -0.3 is 15.2 Å². The van der Waals surface area contributed by atoms with Gasteiger partial charge in [-0.15, -0.1) is 0 Å². The second-order valence-electron chi connectivity index (χ2n) is 8.36. The van der Waals surface area contributed by atoms with E-state index in [4.69, 9.17) is 4.74 Å². The van der Waals surface area contributed by atoms with Crippen molar-refractivity contribution in [3.8, 4) is 0 Å². The Morgan fingerprint density at radius 1 is 1.29 bits per heavy atom. The van der Waals surface area contributed by atoms with Crippen molar-refractivity contribution in [2.45, 2.75) is 62.3 Å². The number of aromatic nitrogens is 1. The summed E-state index contributed by atoms with van der Waals surface area (Å²) in [5.74, 6) is -0.605. The average molecular weight is 391 g/mol. The molecule has 0 aromatic carbocycles. The topological polar surface area (TPSA) is 74.7 Å². The highest BCUT2D eigenvalue weighted by atomic mass is 19.1. The number of halogens is 1. The minimum atomic E-state index is -2.14. The van der Waals surface area contributed by atoms with Gasteiger partial charge in [0.25, 0.3) is 5.91 Å². The molecule has 2 heterocycles. The van der Waals surface area contributed by atoms with Crippen LogP contribution in [-0.4, -0.2) is 59.3 Å². The molecule has 1 saturated heterocycles. The van der Waals surface area contributed by atoms with E-state index in [1.165, 1.54) is 12.6 Å². The summed E-state index contributed by atoms with van der Waals surface area (Å²) in [6, 6.07) is 3.19. The fourth-order valence-electron chi connectivity index (χ4n) is 5.10. The van der Waals surface area contributed by atoms with Gasteiger partial charge in [0.15, 0.2) is 0 Å². The van der Waals surface area contributed by atoms with Crippen LogP contribution in [0.3, 0.4) is 0 Å². The number of carbonyl (C=O) groups excluding carboxylic acids is 1. The van der Waals surface area contributed by atoms with Gasteiger partial charge in [0.2, 0.25) is 5.67 Å². The fourth-order valence-corrected chi connectivity index (χ4v) is 5.10. The van der Waals surface area contributed by atoms with Crippen LogP contribution >= 0.6 is 0 Å². The summed E-state index contributed by atoms with van der Waals surface area (Å²) in [5, 5.41) is 13.1. The van der Waals surface area contributed by atoms with E-state index in [1.807, 2.05) is 0 Å². The Kier molecular flexibility index (Phi) is 5.67. The molecule has 6 nitrogen and oxygen atoms in total. The molecular weight excluding hydrogens is 361 g/mol. The first kappa shape index (κ1) is 19.7. The SMILES string of the molecule is O=C(NCC1(N2CCOCC2)CCCCC1)[C@]1(F)CCC(O)c2ncccc21. The maximum atomic E-state index is 15.9. The molecule has 28 heavy (non-hydrogen) atoms. The molecule has 1 aromatic rings. The van der Waals surface area contributed by atoms with E-state index in [9.17, 15) is 9.90 Å². The summed E-state index contributed by atoms with van der Waals surface area (Å²) >= 11 is 0. The molecule has 1 aliphatic heterocycles. The van der Waals surface area contributed by atoms with E-state index < -0.39 is 17.7 Å². The summed E-state index contributed by atoms with van der Waals surface area (Å²) in [6.45, 7) is 3.58. The quantitative estimate of drug-likeness (QED) is 0.823. The van der Waals surface area contributed by atoms with Gasteiger partial charge in [0.1, 0.15) is 0 Å². The van der Waals surface area contributed by atoms with Crippen LogP contribution in [0.15, 0.2) is 18.3 Å². The lowest BCUT2D eigenvalue weighted by molar-refractivity contribution is -0.136. The highest BCUT2D eigenvalue weighted by molar-refractivity contribution is 5.87. The number of aliphatic hydroxyl groups excluding tert-OH is 1. The van der Waals surface area contributed by atoms with Gasteiger partial charge in [-0.2, -0.15) is 0 Å². The highest BCUT2D eigenvalue weighted by Gasteiger charge is 2.48. The summed E-state index contributed by atoms with van der Waals surface area (Å²) in [6.07, 6.45) is 6.40. The highest BCUT2D eigenvalue weighted by Crippen LogP contribution is 2.42. The first-order chi connectivity index (χ1) is 13.6. The van der Waals surface area contributed by atoms with Crippen LogP contribution in [-0.2, 0) is 15.2 Å². The van der Waals surface area contributed by atoms with Crippen LogP contribution in [0.2, 0.25) is 0 Å². The van der Waals surface area contributed by atoms with Crippen molar-refractivity contribution < 1.29 is 19.0 Å². The van der Waals surface area contributed by atoms with Gasteiger partial charge in [-0.25, -0.2) is 4.39 Å². The number of rotatable bonds is 4. The molecule has 7 heteroatoms. The molecule has 2 aliphatic carbocycles. The van der Waals surface area contributed by atoms with Crippen molar-refractivity contribution in [2.24, 2.45) is 0 Å². The number of alkyl halides is 1. The average Bonchev–Trinajstić information content (AvgIpc) is 2.76. The molecule has 2 N–H and O–H groups in total. The molecule has 2 fully saturated rings. The van der Waals surface area contributed by atoms with Crippen LogP contribution < -0.4 is 5.32 Å². The van der Waals surface area contributed by atoms with Crippen LogP contribution in [0.5, 0.6) is 0 Å². The molecule has 2 atom stereocenters. The van der Waals surface area contributed by atoms with Crippen LogP contribution in [0.25, 0.3) is 0 Å². The summed E-state index contributed by atoms with van der Waals surface area (Å²) < 4.78 is 21.4. The van der Waals surface area contributed by atoms with Gasteiger partial charge in [0, 0.05) is 36.9 Å². The molecule has 0 radical (unpaired) electrons. The molecule has 1 amide bonds. The van der Waals surface area contributed by atoms with Gasteiger partial charge in [-0.3, -0.25) is 14.7 Å². The van der Waals surface area contributed by atoms with Crippen molar-refractivity contribution >= 4 is 5.91 Å². The predicted octanol–water partition coefficient (Wildman–Crippen LogP) is 2.22. The lowest BCUT2D eigenvalue weighted by Crippen LogP contribution is -2.60. The van der Waals surface area contributed by atoms with E-state index >= 15 is 4.39 Å². The monoisotopic (exact) mass is 391 g/mol. The van der Waals surface area contributed by atoms with E-state index in [-0.39, 0.29) is 29.6 Å². The number of pyridine rings is 1. The summed E-state index contributed by atoms with van der Waals surface area (Å²) in [5.41, 5.74) is -1.76. The van der Waals surface area contributed by atoms with E-state index in [0.29, 0.717) is 19.8 Å². The third-order valence-electron chi connectivity index (χ3n) is 6.75. The first-order valence-corrected chi connectivity index (χ1v) is 10.5. The van der Waals surface area contributed by atoms with Crippen LogP contribution in [0.4, 0.5) is 4.39 Å². The number of ether oxygens (including phenoxy) is 1. The predicted molar refractivity (Wildman–Crippen MR) is 102 cm³/mol. The van der Waals surface area contributed by atoms with Crippen LogP contribution in [0.1, 0.15) is 62.3 Å². The van der Waals surface area contributed by atoms with Crippen molar-refractivity contribution in [3.63, 3.8) is 0 Å². The van der Waals surface area contributed by atoms with Crippen molar-refractivity contribution in [1.29, 1.82) is 0 Å². The Balaban J connectivity index is 1.52. The maximum Gasteiger partial charge on any atom is 0.262 e. The minimum Gasteiger partial charge on any atom is -0.387 e. The zero-order valence-electron chi connectivity index (χ0n) is 16.3. The van der Waals surface area contributed by atoms with E-state index in [2.05, 4.69) is 15.2 Å². The lowest BCUT2D eigenvalue weighted by Gasteiger charge is -2.48. The number of aliphatic hydroxyl groups is 1. The molecular formula is C21H30FN3O3. The number of nitrogens with zero attached hydrogens (tertiary/aromatic N) is 2. The van der Waals surface area contributed by atoms with Crippen molar-refractivity contribution in [1.82, 2.24) is 15.2 Å².